The Bertz CT molecular complexity index is 503. The maximum atomic E-state index is 4.58. The van der Waals surface area contributed by atoms with Gasteiger partial charge in [-0.2, -0.15) is 5.10 Å². The van der Waals surface area contributed by atoms with E-state index in [1.54, 1.807) is 0 Å². The molecule has 2 aromatic heterocycles. The van der Waals surface area contributed by atoms with Crippen molar-refractivity contribution in [1.82, 2.24) is 14.6 Å². The van der Waals surface area contributed by atoms with Crippen molar-refractivity contribution in [3.8, 4) is 0 Å². The van der Waals surface area contributed by atoms with Crippen LogP contribution in [0, 0.1) is 0 Å². The van der Waals surface area contributed by atoms with Crippen LogP contribution in [0.15, 0.2) is 18.2 Å². The second-order valence-corrected chi connectivity index (χ2v) is 5.56. The first-order valence-corrected chi connectivity index (χ1v) is 5.76. The van der Waals surface area contributed by atoms with Crippen molar-refractivity contribution in [2.45, 2.75) is 46.0 Å². The van der Waals surface area contributed by atoms with E-state index in [1.165, 1.54) is 5.69 Å². The first kappa shape index (κ1) is 11.1. The largest absolute Gasteiger partial charge is 0.217 e. The number of fused-ring (bicyclic) bond motifs is 1. The van der Waals surface area contributed by atoms with Gasteiger partial charge in [-0.1, -0.05) is 40.7 Å². The Hall–Kier alpha value is -1.38. The minimum absolute atomic E-state index is 0.0848. The van der Waals surface area contributed by atoms with Crippen LogP contribution in [0.4, 0.5) is 0 Å². The van der Waals surface area contributed by atoms with Crippen LogP contribution in [-0.4, -0.2) is 14.6 Å². The molecule has 16 heavy (non-hydrogen) atoms. The van der Waals surface area contributed by atoms with Crippen molar-refractivity contribution in [1.29, 1.82) is 0 Å². The molecular weight excluding hydrogens is 198 g/mol. The van der Waals surface area contributed by atoms with Gasteiger partial charge < -0.3 is 0 Å². The molecule has 2 rings (SSSR count). The normalized spacial score (nSPS) is 12.6. The van der Waals surface area contributed by atoms with Gasteiger partial charge in [-0.25, -0.2) is 9.50 Å². The molecule has 0 aliphatic carbocycles. The molecule has 0 N–H and O–H groups in total. The van der Waals surface area contributed by atoms with Crippen LogP contribution in [-0.2, 0) is 5.41 Å². The topological polar surface area (TPSA) is 30.2 Å². The highest BCUT2D eigenvalue weighted by molar-refractivity contribution is 5.40. The van der Waals surface area contributed by atoms with E-state index in [4.69, 9.17) is 0 Å². The third-order valence-electron chi connectivity index (χ3n) is 2.66. The number of hydrogen-bond donors (Lipinski definition) is 0. The van der Waals surface area contributed by atoms with Gasteiger partial charge >= 0.3 is 0 Å². The van der Waals surface area contributed by atoms with Gasteiger partial charge in [0.1, 0.15) is 0 Å². The molecule has 2 heterocycles. The Morgan fingerprint density at radius 2 is 1.88 bits per heavy atom. The van der Waals surface area contributed by atoms with Gasteiger partial charge in [0.25, 0.3) is 0 Å². The van der Waals surface area contributed by atoms with Crippen LogP contribution in [0.3, 0.4) is 0 Å². The first-order chi connectivity index (χ1) is 7.39. The van der Waals surface area contributed by atoms with Gasteiger partial charge in [0.2, 0.25) is 0 Å². The molecule has 0 radical (unpaired) electrons. The zero-order valence-electron chi connectivity index (χ0n) is 10.7. The average molecular weight is 217 g/mol. The Labute approximate surface area is 96.5 Å². The Morgan fingerprint density at radius 1 is 1.19 bits per heavy atom. The van der Waals surface area contributed by atoms with E-state index >= 15 is 0 Å². The van der Waals surface area contributed by atoms with Gasteiger partial charge in [-0.05, 0) is 12.1 Å². The Kier molecular flexibility index (Phi) is 2.49. The summed E-state index contributed by atoms with van der Waals surface area (Å²) in [5.74, 6) is 1.28. The van der Waals surface area contributed by atoms with Gasteiger partial charge in [0.15, 0.2) is 11.5 Å². The third-order valence-corrected chi connectivity index (χ3v) is 2.66. The van der Waals surface area contributed by atoms with Crippen molar-refractivity contribution in [2.75, 3.05) is 0 Å². The lowest BCUT2D eigenvalue weighted by atomic mass is 9.92. The second-order valence-electron chi connectivity index (χ2n) is 5.56. The van der Waals surface area contributed by atoms with E-state index in [0.717, 1.165) is 11.5 Å². The van der Waals surface area contributed by atoms with E-state index in [1.807, 2.05) is 10.6 Å². The molecule has 0 bridgehead atoms. The molecule has 0 aromatic carbocycles. The van der Waals surface area contributed by atoms with E-state index in [9.17, 15) is 0 Å². The molecule has 0 unspecified atom stereocenters. The van der Waals surface area contributed by atoms with Crippen LogP contribution in [0.25, 0.3) is 5.65 Å². The summed E-state index contributed by atoms with van der Waals surface area (Å²) in [6.07, 6.45) is 0. The smallest absolute Gasteiger partial charge is 0.155 e. The molecular formula is C13H19N3. The molecule has 0 fully saturated rings. The van der Waals surface area contributed by atoms with Crippen molar-refractivity contribution < 1.29 is 0 Å². The minimum atomic E-state index is 0.0848. The highest BCUT2D eigenvalue weighted by atomic mass is 15.3. The quantitative estimate of drug-likeness (QED) is 0.734. The van der Waals surface area contributed by atoms with E-state index in [2.05, 4.69) is 56.8 Å². The van der Waals surface area contributed by atoms with Crippen molar-refractivity contribution >= 4 is 5.65 Å². The van der Waals surface area contributed by atoms with E-state index < -0.39 is 0 Å². The predicted molar refractivity (Wildman–Crippen MR) is 65.8 cm³/mol. The molecule has 86 valence electrons. The molecule has 0 aliphatic rings. The zero-order valence-corrected chi connectivity index (χ0v) is 10.7. The fraction of sp³-hybridized carbons (Fsp3) is 0.538. The van der Waals surface area contributed by atoms with Gasteiger partial charge in [0.05, 0.1) is 0 Å². The molecule has 0 atom stereocenters. The van der Waals surface area contributed by atoms with E-state index in [0.29, 0.717) is 5.92 Å². The maximum absolute atomic E-state index is 4.58. The predicted octanol–water partition coefficient (Wildman–Crippen LogP) is 3.15. The van der Waals surface area contributed by atoms with Crippen LogP contribution in [0.5, 0.6) is 0 Å². The summed E-state index contributed by atoms with van der Waals surface area (Å²) in [5, 5.41) is 4.58. The van der Waals surface area contributed by atoms with Crippen LogP contribution >= 0.6 is 0 Å². The standard InChI is InChI=1S/C13H19N3/c1-9(2)12-14-11-8-6-7-10(13(3,4)5)16(11)15-12/h6-9H,1-5H3. The molecule has 0 saturated carbocycles. The summed E-state index contributed by atoms with van der Waals surface area (Å²) in [5.41, 5.74) is 2.22. The van der Waals surface area contributed by atoms with Crippen LogP contribution in [0.2, 0.25) is 0 Å². The summed E-state index contributed by atoms with van der Waals surface area (Å²) >= 11 is 0. The maximum Gasteiger partial charge on any atom is 0.155 e. The van der Waals surface area contributed by atoms with Gasteiger partial charge in [-0.3, -0.25) is 0 Å². The number of rotatable bonds is 1. The Morgan fingerprint density at radius 3 is 2.44 bits per heavy atom. The average Bonchev–Trinajstić information content (AvgIpc) is 2.58. The minimum Gasteiger partial charge on any atom is -0.217 e. The highest BCUT2D eigenvalue weighted by Gasteiger charge is 2.19. The molecule has 0 spiro atoms. The van der Waals surface area contributed by atoms with Gasteiger partial charge in [0, 0.05) is 17.0 Å². The summed E-state index contributed by atoms with van der Waals surface area (Å²) in [7, 11) is 0. The lowest BCUT2D eigenvalue weighted by Crippen LogP contribution is -2.16. The number of nitrogens with zero attached hydrogens (tertiary/aromatic N) is 3. The SMILES string of the molecule is CC(C)c1nc2cccc(C(C)(C)C)n2n1. The fourth-order valence-electron chi connectivity index (χ4n) is 1.73. The summed E-state index contributed by atoms with van der Waals surface area (Å²) in [6, 6.07) is 6.18. The second kappa shape index (κ2) is 3.58. The molecule has 0 aliphatic heterocycles. The lowest BCUT2D eigenvalue weighted by Gasteiger charge is -2.19. The zero-order chi connectivity index (χ0) is 11.9. The molecule has 3 nitrogen and oxygen atoms in total. The van der Waals surface area contributed by atoms with Crippen molar-refractivity contribution in [3.05, 3.63) is 29.7 Å². The summed E-state index contributed by atoms with van der Waals surface area (Å²) < 4.78 is 1.97. The Balaban J connectivity index is 2.68. The van der Waals surface area contributed by atoms with Crippen molar-refractivity contribution in [3.63, 3.8) is 0 Å². The third kappa shape index (κ3) is 1.82. The molecule has 0 saturated heterocycles. The number of pyridine rings is 1. The van der Waals surface area contributed by atoms with E-state index in [-0.39, 0.29) is 5.41 Å². The number of aromatic nitrogens is 3. The molecule has 2 aromatic rings. The van der Waals surface area contributed by atoms with Crippen molar-refractivity contribution in [2.24, 2.45) is 0 Å². The first-order valence-electron chi connectivity index (χ1n) is 5.76. The van der Waals surface area contributed by atoms with Crippen LogP contribution < -0.4 is 0 Å². The number of hydrogen-bond acceptors (Lipinski definition) is 2. The molecule has 0 amide bonds. The lowest BCUT2D eigenvalue weighted by molar-refractivity contribution is 0.546. The fourth-order valence-corrected chi connectivity index (χ4v) is 1.73. The van der Waals surface area contributed by atoms with Crippen LogP contribution in [0.1, 0.15) is 52.1 Å². The summed E-state index contributed by atoms with van der Waals surface area (Å²) in [6.45, 7) is 10.8. The van der Waals surface area contributed by atoms with Gasteiger partial charge in [-0.15, -0.1) is 0 Å². The molecule has 3 heteroatoms. The monoisotopic (exact) mass is 217 g/mol. The summed E-state index contributed by atoms with van der Waals surface area (Å²) in [4.78, 5) is 4.54. The highest BCUT2D eigenvalue weighted by Crippen LogP contribution is 2.23.